The molecule has 20 heavy (non-hydrogen) atoms. The number of fused-ring (bicyclic) bond motifs is 1. The summed E-state index contributed by atoms with van der Waals surface area (Å²) in [5.74, 6) is -3.71. The molecular formula is C12H5F3N2OS2. The van der Waals surface area contributed by atoms with Crippen molar-refractivity contribution in [3.8, 4) is 5.69 Å². The average Bonchev–Trinajstić information content (AvgIpc) is 2.83. The van der Waals surface area contributed by atoms with Gasteiger partial charge in [0, 0.05) is 12.1 Å². The Morgan fingerprint density at radius 3 is 2.75 bits per heavy atom. The van der Waals surface area contributed by atoms with E-state index in [1.165, 1.54) is 17.4 Å². The summed E-state index contributed by atoms with van der Waals surface area (Å²) in [5, 5.41) is 1.93. The lowest BCUT2D eigenvalue weighted by Gasteiger charge is -2.08. The largest absolute Gasteiger partial charge is 0.323 e. The summed E-state index contributed by atoms with van der Waals surface area (Å²) in [5.41, 5.74) is -1.18. The van der Waals surface area contributed by atoms with Gasteiger partial charge in [0.05, 0.1) is 11.1 Å². The molecule has 3 aromatic rings. The first-order chi connectivity index (χ1) is 9.49. The van der Waals surface area contributed by atoms with Crippen LogP contribution in [0.25, 0.3) is 15.9 Å². The number of benzene rings is 1. The number of H-pyrrole nitrogens is 1. The van der Waals surface area contributed by atoms with Crippen molar-refractivity contribution in [1.82, 2.24) is 9.55 Å². The Balaban J connectivity index is 2.47. The molecule has 0 aliphatic heterocycles. The second-order valence-electron chi connectivity index (χ2n) is 3.95. The second-order valence-corrected chi connectivity index (χ2v) is 5.26. The van der Waals surface area contributed by atoms with Crippen molar-refractivity contribution < 1.29 is 13.2 Å². The SMILES string of the molecule is O=c1c2ccsc2[nH]c(=S)n1-c1cc(F)cc(F)c1F. The molecule has 0 fully saturated rings. The van der Waals surface area contributed by atoms with Crippen molar-refractivity contribution in [3.63, 3.8) is 0 Å². The summed E-state index contributed by atoms with van der Waals surface area (Å²) in [6.07, 6.45) is 0. The fourth-order valence-corrected chi connectivity index (χ4v) is 2.99. The number of hydrogen-bond acceptors (Lipinski definition) is 3. The molecule has 0 spiro atoms. The highest BCUT2D eigenvalue weighted by atomic mass is 32.1. The van der Waals surface area contributed by atoms with Crippen LogP contribution in [-0.4, -0.2) is 9.55 Å². The minimum Gasteiger partial charge on any atom is -0.323 e. The lowest BCUT2D eigenvalue weighted by Crippen LogP contribution is -2.21. The van der Waals surface area contributed by atoms with E-state index in [0.29, 0.717) is 10.9 Å². The molecule has 0 saturated carbocycles. The zero-order valence-electron chi connectivity index (χ0n) is 9.62. The molecule has 1 N–H and O–H groups in total. The molecule has 0 atom stereocenters. The monoisotopic (exact) mass is 314 g/mol. The molecule has 0 unspecified atom stereocenters. The summed E-state index contributed by atoms with van der Waals surface area (Å²) < 4.78 is 40.9. The zero-order valence-corrected chi connectivity index (χ0v) is 11.2. The van der Waals surface area contributed by atoms with Crippen molar-refractivity contribution in [2.45, 2.75) is 0 Å². The smallest absolute Gasteiger partial charge is 0.267 e. The Hall–Kier alpha value is -1.93. The summed E-state index contributed by atoms with van der Waals surface area (Å²) in [6, 6.07) is 2.65. The van der Waals surface area contributed by atoms with Gasteiger partial charge in [-0.1, -0.05) is 0 Å². The molecule has 8 heteroatoms. The highest BCUT2D eigenvalue weighted by Gasteiger charge is 2.16. The fraction of sp³-hybridized carbons (Fsp3) is 0. The second kappa shape index (κ2) is 4.57. The molecule has 3 nitrogen and oxygen atoms in total. The Kier molecular flexibility index (Phi) is 2.98. The maximum absolute atomic E-state index is 13.8. The minimum absolute atomic E-state index is 0.131. The van der Waals surface area contributed by atoms with Crippen LogP contribution in [-0.2, 0) is 0 Å². The van der Waals surface area contributed by atoms with Crippen LogP contribution in [0, 0.1) is 22.2 Å². The Morgan fingerprint density at radius 1 is 1.25 bits per heavy atom. The maximum Gasteiger partial charge on any atom is 0.267 e. The molecule has 0 aliphatic rings. The molecule has 0 bridgehead atoms. The van der Waals surface area contributed by atoms with Gasteiger partial charge in [0.1, 0.15) is 10.6 Å². The van der Waals surface area contributed by atoms with Crippen LogP contribution in [0.1, 0.15) is 0 Å². The molecule has 2 heterocycles. The Labute approximate surface area is 118 Å². The first-order valence-corrected chi connectivity index (χ1v) is 6.65. The number of aromatic amines is 1. The van der Waals surface area contributed by atoms with Crippen LogP contribution in [0.2, 0.25) is 0 Å². The number of nitrogens with zero attached hydrogens (tertiary/aromatic N) is 1. The van der Waals surface area contributed by atoms with Crippen molar-refractivity contribution in [2.24, 2.45) is 0 Å². The van der Waals surface area contributed by atoms with Gasteiger partial charge < -0.3 is 4.98 Å². The predicted molar refractivity (Wildman–Crippen MR) is 72.5 cm³/mol. The molecule has 2 aromatic heterocycles. The molecule has 0 amide bonds. The fourth-order valence-electron chi connectivity index (χ4n) is 1.86. The topological polar surface area (TPSA) is 37.8 Å². The van der Waals surface area contributed by atoms with Gasteiger partial charge in [-0.25, -0.2) is 17.7 Å². The quantitative estimate of drug-likeness (QED) is 0.551. The van der Waals surface area contributed by atoms with E-state index >= 15 is 0 Å². The first-order valence-electron chi connectivity index (χ1n) is 5.36. The zero-order chi connectivity index (χ0) is 14.4. The summed E-state index contributed by atoms with van der Waals surface area (Å²) in [6.45, 7) is 0. The summed E-state index contributed by atoms with van der Waals surface area (Å²) >= 11 is 6.22. The minimum atomic E-state index is -1.38. The Morgan fingerprint density at radius 2 is 2.00 bits per heavy atom. The van der Waals surface area contributed by atoms with Gasteiger partial charge in [-0.15, -0.1) is 11.3 Å². The van der Waals surface area contributed by atoms with E-state index in [1.54, 1.807) is 5.38 Å². The number of nitrogens with one attached hydrogen (secondary N) is 1. The van der Waals surface area contributed by atoms with Crippen LogP contribution >= 0.6 is 23.6 Å². The Bertz CT molecular complexity index is 942. The number of rotatable bonds is 1. The number of halogens is 3. The van der Waals surface area contributed by atoms with Crippen molar-refractivity contribution in [3.05, 3.63) is 56.2 Å². The van der Waals surface area contributed by atoms with Crippen molar-refractivity contribution >= 4 is 33.8 Å². The third kappa shape index (κ3) is 1.88. The van der Waals surface area contributed by atoms with E-state index in [1.807, 2.05) is 0 Å². The number of thiophene rings is 1. The van der Waals surface area contributed by atoms with E-state index in [4.69, 9.17) is 12.2 Å². The molecule has 0 saturated heterocycles. The van der Waals surface area contributed by atoms with Gasteiger partial charge in [-0.3, -0.25) is 4.79 Å². The average molecular weight is 314 g/mol. The molecule has 1 aromatic carbocycles. The van der Waals surface area contributed by atoms with Crippen molar-refractivity contribution in [1.29, 1.82) is 0 Å². The van der Waals surface area contributed by atoms with Crippen LogP contribution in [0.5, 0.6) is 0 Å². The highest BCUT2D eigenvalue weighted by molar-refractivity contribution is 7.71. The number of aromatic nitrogens is 2. The molecule has 0 aliphatic carbocycles. The van der Waals surface area contributed by atoms with E-state index < -0.39 is 28.7 Å². The van der Waals surface area contributed by atoms with E-state index in [9.17, 15) is 18.0 Å². The van der Waals surface area contributed by atoms with E-state index in [0.717, 1.165) is 10.6 Å². The van der Waals surface area contributed by atoms with Gasteiger partial charge in [-0.2, -0.15) is 0 Å². The maximum atomic E-state index is 13.8. The van der Waals surface area contributed by atoms with Crippen LogP contribution in [0.4, 0.5) is 13.2 Å². The summed E-state index contributed by atoms with van der Waals surface area (Å²) in [4.78, 5) is 15.5. The molecular weight excluding hydrogens is 309 g/mol. The van der Waals surface area contributed by atoms with Gasteiger partial charge in [0.25, 0.3) is 5.56 Å². The van der Waals surface area contributed by atoms with Gasteiger partial charge >= 0.3 is 0 Å². The molecule has 102 valence electrons. The normalized spacial score (nSPS) is 11.2. The lowest BCUT2D eigenvalue weighted by atomic mass is 10.2. The molecule has 3 rings (SSSR count). The highest BCUT2D eigenvalue weighted by Crippen LogP contribution is 2.20. The van der Waals surface area contributed by atoms with Crippen LogP contribution in [0.3, 0.4) is 0 Å². The lowest BCUT2D eigenvalue weighted by molar-refractivity contribution is 0.489. The standard InChI is InChI=1S/C12H5F3N2OS2/c13-5-3-7(14)9(15)8(4-5)17-11(18)6-1-2-20-10(6)16-12(17)19/h1-4H,(H,16,19). The van der Waals surface area contributed by atoms with E-state index in [-0.39, 0.29) is 10.2 Å². The first kappa shape index (κ1) is 13.1. The molecule has 0 radical (unpaired) electrons. The van der Waals surface area contributed by atoms with Gasteiger partial charge in [0.15, 0.2) is 16.4 Å². The van der Waals surface area contributed by atoms with Crippen molar-refractivity contribution in [2.75, 3.05) is 0 Å². The van der Waals surface area contributed by atoms with Crippen LogP contribution < -0.4 is 5.56 Å². The van der Waals surface area contributed by atoms with Gasteiger partial charge in [-0.05, 0) is 23.7 Å². The van der Waals surface area contributed by atoms with Gasteiger partial charge in [0.2, 0.25) is 0 Å². The van der Waals surface area contributed by atoms with Crippen LogP contribution in [0.15, 0.2) is 28.4 Å². The number of hydrogen-bond donors (Lipinski definition) is 1. The third-order valence-electron chi connectivity index (χ3n) is 2.74. The predicted octanol–water partition coefficient (Wildman–Crippen LogP) is 3.53. The van der Waals surface area contributed by atoms with E-state index in [2.05, 4.69) is 4.98 Å². The third-order valence-corrected chi connectivity index (χ3v) is 3.85. The summed E-state index contributed by atoms with van der Waals surface area (Å²) in [7, 11) is 0.